The molecule has 0 unspecified atom stereocenters. The lowest BCUT2D eigenvalue weighted by molar-refractivity contribution is -0.525. The fraction of sp³-hybridized carbons (Fsp3) is 0.562. The van der Waals surface area contributed by atoms with E-state index in [4.69, 9.17) is 5.73 Å². The maximum atomic E-state index is 12.7. The molecule has 1 heterocycles. The Morgan fingerprint density at radius 2 is 2.03 bits per heavy atom. The summed E-state index contributed by atoms with van der Waals surface area (Å²) in [5.41, 5.74) is 7.02. The monoisotopic (exact) mass is 438 g/mol. The molecule has 0 aliphatic heterocycles. The fourth-order valence-electron chi connectivity index (χ4n) is 2.59. The zero-order valence-electron chi connectivity index (χ0n) is 17.3. The molecule has 0 aromatic carbocycles. The zero-order chi connectivity index (χ0) is 23.4. The molecule has 0 aliphatic rings. The summed E-state index contributed by atoms with van der Waals surface area (Å²) >= 11 is 0. The van der Waals surface area contributed by atoms with Crippen molar-refractivity contribution in [1.29, 1.82) is 0 Å². The van der Waals surface area contributed by atoms with Gasteiger partial charge < -0.3 is 26.4 Å². The van der Waals surface area contributed by atoms with Crippen LogP contribution < -0.4 is 21.8 Å². The van der Waals surface area contributed by atoms with E-state index < -0.39 is 41.9 Å². The van der Waals surface area contributed by atoms with Crippen molar-refractivity contribution >= 4 is 24.9 Å². The Kier molecular flexibility index (Phi) is 10.8. The van der Waals surface area contributed by atoms with E-state index in [1.165, 1.54) is 18.6 Å². The van der Waals surface area contributed by atoms with Crippen molar-refractivity contribution < 1.29 is 24.7 Å². The molecule has 2 amide bonds. The molecule has 31 heavy (non-hydrogen) atoms. The van der Waals surface area contributed by atoms with Crippen LogP contribution in [0.5, 0.6) is 0 Å². The first-order valence-corrected chi connectivity index (χ1v) is 9.54. The van der Waals surface area contributed by atoms with Crippen molar-refractivity contribution in [2.75, 3.05) is 6.54 Å². The summed E-state index contributed by atoms with van der Waals surface area (Å²) in [6.45, 7) is 3.77. The number of aliphatic imine (C=N–C) groups is 1. The molecule has 0 aliphatic carbocycles. The van der Waals surface area contributed by atoms with Gasteiger partial charge in [0.15, 0.2) is 5.03 Å². The highest BCUT2D eigenvalue weighted by atomic mass is 16.7. The van der Waals surface area contributed by atoms with E-state index >= 15 is 0 Å². The van der Waals surface area contributed by atoms with E-state index in [9.17, 15) is 29.8 Å². The smallest absolute Gasteiger partial charge is 0.426 e. The summed E-state index contributed by atoms with van der Waals surface area (Å²) in [5.74, 6) is -2.52. The number of nitrogens with one attached hydrogen (secondary N) is 3. The molecular formula is C16H27BN8O6. The molecule has 0 spiro atoms. The standard InChI is InChI=1S/C16H27BN8O6/c1-10(2)8-13(17(28)29)23-14(26)11(4-3-5-21-16(18)24-25(30)31)22-15(27)12-9-19-6-7-20-12/h6-7,9-11,13,28-29H,3-5,8H2,1-2H3,(H,22,27)(H,23,26)(H3,18,21,24)/t11-,13-/m0/s1. The minimum Gasteiger partial charge on any atom is -0.426 e. The molecular weight excluding hydrogens is 411 g/mol. The topological polar surface area (TPSA) is 218 Å². The molecule has 0 radical (unpaired) electrons. The third-order valence-electron chi connectivity index (χ3n) is 3.97. The lowest BCUT2D eigenvalue weighted by Gasteiger charge is -2.24. The number of carbonyl (C=O) groups excluding carboxylic acids is 2. The highest BCUT2D eigenvalue weighted by molar-refractivity contribution is 6.43. The third-order valence-corrected chi connectivity index (χ3v) is 3.97. The van der Waals surface area contributed by atoms with E-state index in [-0.39, 0.29) is 31.0 Å². The van der Waals surface area contributed by atoms with Gasteiger partial charge >= 0.3 is 7.12 Å². The Morgan fingerprint density at radius 3 is 2.58 bits per heavy atom. The van der Waals surface area contributed by atoms with Crippen LogP contribution in [0.3, 0.4) is 0 Å². The number of aromatic nitrogens is 2. The fourth-order valence-corrected chi connectivity index (χ4v) is 2.59. The van der Waals surface area contributed by atoms with Crippen LogP contribution in [-0.4, -0.2) is 68.5 Å². The quantitative estimate of drug-likeness (QED) is 0.0526. The van der Waals surface area contributed by atoms with Crippen LogP contribution in [-0.2, 0) is 4.79 Å². The van der Waals surface area contributed by atoms with Gasteiger partial charge in [0.2, 0.25) is 5.91 Å². The summed E-state index contributed by atoms with van der Waals surface area (Å²) in [5, 5.41) is 33.6. The van der Waals surface area contributed by atoms with Gasteiger partial charge in [-0.25, -0.2) is 20.1 Å². The Labute approximate surface area is 179 Å². The van der Waals surface area contributed by atoms with Gasteiger partial charge in [0.1, 0.15) is 11.7 Å². The maximum Gasteiger partial charge on any atom is 0.475 e. The van der Waals surface area contributed by atoms with E-state index in [1.54, 1.807) is 5.43 Å². The summed E-state index contributed by atoms with van der Waals surface area (Å²) in [4.78, 5) is 46.9. The zero-order valence-corrected chi connectivity index (χ0v) is 17.3. The van der Waals surface area contributed by atoms with E-state index in [1.807, 2.05) is 13.8 Å². The molecule has 0 bridgehead atoms. The Bertz CT molecular complexity index is 764. The second kappa shape index (κ2) is 13.1. The molecule has 0 fully saturated rings. The number of nitrogens with zero attached hydrogens (tertiary/aromatic N) is 4. The highest BCUT2D eigenvalue weighted by Gasteiger charge is 2.30. The normalized spacial score (nSPS) is 13.3. The number of rotatable bonds is 12. The van der Waals surface area contributed by atoms with Gasteiger partial charge in [0.05, 0.1) is 12.1 Å². The van der Waals surface area contributed by atoms with Crippen LogP contribution >= 0.6 is 0 Å². The average molecular weight is 438 g/mol. The largest absolute Gasteiger partial charge is 0.475 e. The van der Waals surface area contributed by atoms with E-state index in [0.717, 1.165) is 0 Å². The molecule has 14 nitrogen and oxygen atoms in total. The molecule has 170 valence electrons. The van der Waals surface area contributed by atoms with Crippen LogP contribution in [0.15, 0.2) is 23.6 Å². The number of nitro groups is 1. The van der Waals surface area contributed by atoms with Gasteiger partial charge in [-0.3, -0.25) is 14.6 Å². The predicted octanol–water partition coefficient (Wildman–Crippen LogP) is -2.01. The Morgan fingerprint density at radius 1 is 1.32 bits per heavy atom. The summed E-state index contributed by atoms with van der Waals surface area (Å²) in [6.07, 6.45) is 4.60. The van der Waals surface area contributed by atoms with Gasteiger partial charge in [-0.2, -0.15) is 0 Å². The van der Waals surface area contributed by atoms with Crippen LogP contribution in [0.25, 0.3) is 0 Å². The van der Waals surface area contributed by atoms with Gasteiger partial charge in [-0.1, -0.05) is 19.3 Å². The lowest BCUT2D eigenvalue weighted by Crippen LogP contribution is -2.54. The predicted molar refractivity (Wildman–Crippen MR) is 111 cm³/mol. The maximum absolute atomic E-state index is 12.7. The first-order chi connectivity index (χ1) is 14.6. The average Bonchev–Trinajstić information content (AvgIpc) is 2.69. The minimum atomic E-state index is -1.78. The van der Waals surface area contributed by atoms with Crippen LogP contribution in [0.4, 0.5) is 0 Å². The van der Waals surface area contributed by atoms with Crippen molar-refractivity contribution in [3.63, 3.8) is 0 Å². The van der Waals surface area contributed by atoms with Crippen LogP contribution in [0, 0.1) is 16.0 Å². The van der Waals surface area contributed by atoms with Crippen molar-refractivity contribution in [1.82, 2.24) is 26.0 Å². The van der Waals surface area contributed by atoms with Crippen molar-refractivity contribution in [3.8, 4) is 0 Å². The molecule has 1 aromatic rings. The van der Waals surface area contributed by atoms with Crippen molar-refractivity contribution in [2.45, 2.75) is 45.1 Å². The molecule has 7 N–H and O–H groups in total. The lowest BCUT2D eigenvalue weighted by atomic mass is 9.75. The van der Waals surface area contributed by atoms with Gasteiger partial charge in [0, 0.05) is 18.9 Å². The molecule has 1 rings (SSSR count). The number of carbonyl (C=O) groups is 2. The minimum absolute atomic E-state index is 0.00123. The van der Waals surface area contributed by atoms with Crippen LogP contribution in [0.1, 0.15) is 43.6 Å². The number of guanidine groups is 1. The van der Waals surface area contributed by atoms with E-state index in [2.05, 4.69) is 25.6 Å². The molecule has 1 aromatic heterocycles. The van der Waals surface area contributed by atoms with Gasteiger partial charge in [-0.05, 0) is 25.2 Å². The molecule has 2 atom stereocenters. The SMILES string of the molecule is CC(C)C[C@H](NC(=O)[C@H](CCCN=C(N)N[N+](=O)[O-])NC(=O)c1cnccn1)B(O)O. The number of amides is 2. The summed E-state index contributed by atoms with van der Waals surface area (Å²) in [7, 11) is -1.78. The van der Waals surface area contributed by atoms with Crippen molar-refractivity contribution in [3.05, 3.63) is 34.4 Å². The van der Waals surface area contributed by atoms with Crippen molar-refractivity contribution in [2.24, 2.45) is 16.6 Å². The first-order valence-electron chi connectivity index (χ1n) is 9.54. The second-order valence-electron chi connectivity index (χ2n) is 7.05. The number of nitrogens with two attached hydrogens (primary N) is 1. The number of hydrogen-bond donors (Lipinski definition) is 6. The van der Waals surface area contributed by atoms with Crippen LogP contribution in [0.2, 0.25) is 0 Å². The van der Waals surface area contributed by atoms with Gasteiger partial charge in [-0.15, -0.1) is 0 Å². The summed E-state index contributed by atoms with van der Waals surface area (Å²) in [6, 6.07) is -1.05. The second-order valence-corrected chi connectivity index (χ2v) is 7.05. The van der Waals surface area contributed by atoms with E-state index in [0.29, 0.717) is 6.42 Å². The van der Waals surface area contributed by atoms with Gasteiger partial charge in [0.25, 0.3) is 11.9 Å². The Balaban J connectivity index is 2.84. The third kappa shape index (κ3) is 10.3. The highest BCUT2D eigenvalue weighted by Crippen LogP contribution is 2.08. The number of hydrazine groups is 1. The number of hydrogen-bond acceptors (Lipinski definition) is 9. The molecule has 15 heteroatoms. The molecule has 0 saturated carbocycles. The summed E-state index contributed by atoms with van der Waals surface area (Å²) < 4.78 is 0. The Hall–Kier alpha value is -3.33. The molecule has 0 saturated heterocycles. The first kappa shape index (κ1) is 25.7.